The standard InChI is InChI=1S/C29H42O5Si2/c1-28(2,3)35(7,8)33-21-14-20-16-25(30)32-18-23(20)26-22(17-21)27-19(12-11-13-31-27)15-24(26)34-36(9,10)29(4,5)6/h12,14-16H,11,13,17-18H2,1-10H3. The third-order valence-corrected chi connectivity index (χ3v) is 17.1. The Labute approximate surface area is 218 Å². The van der Waals surface area contributed by atoms with Crippen molar-refractivity contribution >= 4 is 34.3 Å². The molecule has 0 bridgehead atoms. The van der Waals surface area contributed by atoms with Crippen molar-refractivity contribution in [2.24, 2.45) is 0 Å². The van der Waals surface area contributed by atoms with Crippen molar-refractivity contribution in [3.63, 3.8) is 0 Å². The maximum atomic E-state index is 12.3. The molecule has 0 atom stereocenters. The minimum Gasteiger partial charge on any atom is -0.546 e. The van der Waals surface area contributed by atoms with Gasteiger partial charge in [0.25, 0.3) is 8.32 Å². The van der Waals surface area contributed by atoms with Gasteiger partial charge in [0.1, 0.15) is 18.1 Å². The molecular formula is C29H42O5Si2. The zero-order chi connectivity index (χ0) is 26.7. The molecule has 0 amide bonds. The van der Waals surface area contributed by atoms with Gasteiger partial charge < -0.3 is 18.3 Å². The number of benzene rings is 1. The monoisotopic (exact) mass is 526 g/mol. The van der Waals surface area contributed by atoms with E-state index in [2.05, 4.69) is 79.9 Å². The first kappa shape index (κ1) is 26.8. The normalized spacial score (nSPS) is 18.3. The fraction of sp³-hybridized carbons (Fsp3) is 0.552. The first-order valence-corrected chi connectivity index (χ1v) is 18.8. The molecule has 0 spiro atoms. The topological polar surface area (TPSA) is 54.0 Å². The largest absolute Gasteiger partial charge is 0.546 e. The van der Waals surface area contributed by atoms with Gasteiger partial charge in [0.05, 0.1) is 12.4 Å². The van der Waals surface area contributed by atoms with Crippen LogP contribution in [0.15, 0.2) is 29.6 Å². The van der Waals surface area contributed by atoms with Crippen LogP contribution in [0.2, 0.25) is 36.3 Å². The van der Waals surface area contributed by atoms with Gasteiger partial charge in [-0.1, -0.05) is 47.6 Å². The fourth-order valence-electron chi connectivity index (χ4n) is 4.19. The maximum absolute atomic E-state index is 12.3. The van der Waals surface area contributed by atoms with Gasteiger partial charge in [-0.05, 0) is 54.0 Å². The van der Waals surface area contributed by atoms with E-state index in [4.69, 9.17) is 18.3 Å². The number of esters is 1. The molecule has 3 aliphatic rings. The van der Waals surface area contributed by atoms with E-state index in [1.54, 1.807) is 6.08 Å². The number of allylic oxidation sites excluding steroid dienone is 2. The minimum atomic E-state index is -2.15. The molecule has 0 unspecified atom stereocenters. The Morgan fingerprint density at radius 1 is 0.889 bits per heavy atom. The van der Waals surface area contributed by atoms with Gasteiger partial charge in [-0.25, -0.2) is 4.79 Å². The minimum absolute atomic E-state index is 0.0396. The van der Waals surface area contributed by atoms with Crippen molar-refractivity contribution in [2.75, 3.05) is 13.2 Å². The molecule has 1 aromatic carbocycles. The Morgan fingerprint density at radius 3 is 2.17 bits per heavy atom. The number of hydrogen-bond acceptors (Lipinski definition) is 5. The predicted octanol–water partition coefficient (Wildman–Crippen LogP) is 5.73. The zero-order valence-corrected chi connectivity index (χ0v) is 25.7. The van der Waals surface area contributed by atoms with Crippen molar-refractivity contribution in [2.45, 2.75) is 90.6 Å². The Bertz CT molecular complexity index is 1270. The molecule has 2 heterocycles. The van der Waals surface area contributed by atoms with Crippen LogP contribution in [0.3, 0.4) is 0 Å². The Hall–Kier alpha value is -2.26. The molecule has 4 rings (SSSR count). The van der Waals surface area contributed by atoms with Crippen molar-refractivity contribution in [1.29, 1.82) is 0 Å². The molecule has 0 fully saturated rings. The van der Waals surface area contributed by atoms with E-state index in [9.17, 15) is 4.79 Å². The molecule has 0 radical (unpaired) electrons. The summed E-state index contributed by atoms with van der Waals surface area (Å²) in [5, 5.41) is 2.16. The summed E-state index contributed by atoms with van der Waals surface area (Å²) in [4.78, 5) is 12.3. The SMILES string of the molecule is CC(C)(C)[Si](C)(C)OC1=CC2=CC(=O)OCC2=c2c(O[Si](C)(C)C(C)(C)C)cc3c(c2C1)OCCC=3. The molecule has 0 saturated carbocycles. The van der Waals surface area contributed by atoms with E-state index >= 15 is 0 Å². The Balaban J connectivity index is 2.00. The van der Waals surface area contributed by atoms with Crippen LogP contribution in [0.1, 0.15) is 53.5 Å². The van der Waals surface area contributed by atoms with Crippen LogP contribution in [-0.4, -0.2) is 35.8 Å². The lowest BCUT2D eigenvalue weighted by atomic mass is 9.97. The van der Waals surface area contributed by atoms with E-state index < -0.39 is 16.6 Å². The highest BCUT2D eigenvalue weighted by Gasteiger charge is 2.41. The molecule has 7 heteroatoms. The molecule has 0 N–H and O–H groups in total. The smallest absolute Gasteiger partial charge is 0.331 e. The number of carbonyl (C=O) groups is 1. The number of rotatable bonds is 4. The summed E-state index contributed by atoms with van der Waals surface area (Å²) < 4.78 is 25.6. The van der Waals surface area contributed by atoms with Gasteiger partial charge in [0.15, 0.2) is 0 Å². The lowest BCUT2D eigenvalue weighted by molar-refractivity contribution is -0.136. The fourth-order valence-corrected chi connectivity index (χ4v) is 6.30. The summed E-state index contributed by atoms with van der Waals surface area (Å²) >= 11 is 0. The third-order valence-electron chi connectivity index (χ3n) is 8.41. The van der Waals surface area contributed by atoms with E-state index in [1.807, 2.05) is 6.08 Å². The van der Waals surface area contributed by atoms with Crippen LogP contribution < -0.4 is 19.6 Å². The average molecular weight is 527 g/mol. The van der Waals surface area contributed by atoms with Gasteiger partial charge in [-0.15, -0.1) is 0 Å². The quantitative estimate of drug-likeness (QED) is 0.370. The van der Waals surface area contributed by atoms with Crippen molar-refractivity contribution in [1.82, 2.24) is 0 Å². The van der Waals surface area contributed by atoms with Gasteiger partial charge in [-0.2, -0.15) is 0 Å². The first-order chi connectivity index (χ1) is 16.5. The second-order valence-electron chi connectivity index (χ2n) is 13.2. The summed E-state index contributed by atoms with van der Waals surface area (Å²) in [6.07, 6.45) is 7.33. The highest BCUT2D eigenvalue weighted by molar-refractivity contribution is 6.75. The predicted molar refractivity (Wildman–Crippen MR) is 151 cm³/mol. The van der Waals surface area contributed by atoms with Gasteiger partial charge in [-0.3, -0.25) is 0 Å². The van der Waals surface area contributed by atoms with Crippen molar-refractivity contribution in [3.8, 4) is 11.5 Å². The molecule has 2 aliphatic heterocycles. The number of cyclic esters (lactones) is 1. The van der Waals surface area contributed by atoms with Crippen molar-refractivity contribution in [3.05, 3.63) is 45.6 Å². The van der Waals surface area contributed by atoms with Crippen LogP contribution >= 0.6 is 0 Å². The average Bonchev–Trinajstić information content (AvgIpc) is 2.87. The highest BCUT2D eigenvalue weighted by Crippen LogP contribution is 2.41. The summed E-state index contributed by atoms with van der Waals surface area (Å²) in [6.45, 7) is 23.4. The van der Waals surface area contributed by atoms with Crippen LogP contribution in [-0.2, 0) is 20.4 Å². The highest BCUT2D eigenvalue weighted by atomic mass is 28.4. The molecule has 196 valence electrons. The van der Waals surface area contributed by atoms with Crippen molar-refractivity contribution < 1.29 is 23.1 Å². The van der Waals surface area contributed by atoms with Crippen LogP contribution in [0.5, 0.6) is 11.5 Å². The molecule has 36 heavy (non-hydrogen) atoms. The Kier molecular flexibility index (Phi) is 6.66. The summed E-state index contributed by atoms with van der Waals surface area (Å²) in [6, 6.07) is 2.13. The lowest BCUT2D eigenvalue weighted by Gasteiger charge is -2.38. The maximum Gasteiger partial charge on any atom is 0.331 e. The van der Waals surface area contributed by atoms with Crippen LogP contribution in [0, 0.1) is 0 Å². The van der Waals surface area contributed by atoms with E-state index in [-0.39, 0.29) is 22.7 Å². The molecule has 5 nitrogen and oxygen atoms in total. The summed E-state index contributed by atoms with van der Waals surface area (Å²) in [7, 11) is -4.27. The second kappa shape index (κ2) is 8.94. The zero-order valence-electron chi connectivity index (χ0n) is 23.7. The number of ether oxygens (including phenoxy) is 2. The summed E-state index contributed by atoms with van der Waals surface area (Å²) in [5.74, 6) is 2.31. The number of hydrogen-bond donors (Lipinski definition) is 0. The van der Waals surface area contributed by atoms with E-state index in [0.29, 0.717) is 13.0 Å². The van der Waals surface area contributed by atoms with Gasteiger partial charge in [0.2, 0.25) is 8.32 Å². The lowest BCUT2D eigenvalue weighted by Crippen LogP contribution is -2.45. The van der Waals surface area contributed by atoms with Gasteiger partial charge >= 0.3 is 5.97 Å². The van der Waals surface area contributed by atoms with Crippen LogP contribution in [0.4, 0.5) is 0 Å². The molecule has 1 aromatic rings. The van der Waals surface area contributed by atoms with E-state index in [0.717, 1.165) is 50.8 Å². The number of carbonyl (C=O) groups excluding carboxylic acids is 1. The molecule has 0 saturated heterocycles. The Morgan fingerprint density at radius 2 is 1.53 bits per heavy atom. The second-order valence-corrected chi connectivity index (χ2v) is 22.6. The van der Waals surface area contributed by atoms with Gasteiger partial charge in [0, 0.05) is 40.5 Å². The summed E-state index contributed by atoms with van der Waals surface area (Å²) in [5.41, 5.74) is 2.88. The van der Waals surface area contributed by atoms with Crippen LogP contribution in [0.25, 0.3) is 11.6 Å². The van der Waals surface area contributed by atoms with E-state index in [1.165, 1.54) is 0 Å². The number of fused-ring (bicyclic) bond motifs is 4. The molecular weight excluding hydrogens is 484 g/mol. The molecule has 1 aliphatic carbocycles. The molecule has 0 aromatic heterocycles. The third kappa shape index (κ3) is 4.96. The first-order valence-electron chi connectivity index (χ1n) is 13.0.